The highest BCUT2D eigenvalue weighted by molar-refractivity contribution is 7.14. The molecule has 0 bridgehead atoms. The maximum atomic E-state index is 13.6. The summed E-state index contributed by atoms with van der Waals surface area (Å²) in [5, 5.41) is 13.5. The molecule has 2 aromatic heterocycles. The molecular weight excluding hydrogens is 480 g/mol. The lowest BCUT2D eigenvalue weighted by molar-refractivity contribution is -0.117. The van der Waals surface area contributed by atoms with E-state index in [4.69, 9.17) is 4.74 Å². The van der Waals surface area contributed by atoms with E-state index in [1.54, 1.807) is 31.2 Å². The molecule has 0 radical (unpaired) electrons. The van der Waals surface area contributed by atoms with Crippen LogP contribution < -0.4 is 9.64 Å². The van der Waals surface area contributed by atoms with Crippen molar-refractivity contribution in [2.75, 3.05) is 4.90 Å². The average molecular weight is 503 g/mol. The Balaban J connectivity index is 1.51. The molecule has 1 unspecified atom stereocenters. The Morgan fingerprint density at radius 2 is 1.80 bits per heavy atom. The number of Topliss-reactive ketones (excluding diaryl/α,β-unsaturated/α-hetero) is 1. The summed E-state index contributed by atoms with van der Waals surface area (Å²) in [4.78, 5) is 33.9. The highest BCUT2D eigenvalue weighted by atomic mass is 32.1. The number of hydrogen-bond donors (Lipinski definition) is 1. The van der Waals surface area contributed by atoms with Crippen LogP contribution in [0.1, 0.15) is 36.9 Å². The van der Waals surface area contributed by atoms with Crippen molar-refractivity contribution in [2.45, 2.75) is 26.8 Å². The fraction of sp³-hybridized carbons (Fsp3) is 0.148. The number of aryl methyl sites for hydroxylation is 3. The van der Waals surface area contributed by atoms with Crippen molar-refractivity contribution in [3.05, 3.63) is 103 Å². The first-order valence-electron chi connectivity index (χ1n) is 11.0. The third-order valence-electron chi connectivity index (χ3n) is 5.72. The molecule has 0 saturated heterocycles. The van der Waals surface area contributed by atoms with E-state index in [1.165, 1.54) is 27.6 Å². The molecule has 5 rings (SSSR count). The van der Waals surface area contributed by atoms with Crippen LogP contribution in [0, 0.1) is 20.8 Å². The van der Waals surface area contributed by atoms with E-state index < -0.39 is 17.7 Å². The number of thiazole rings is 1. The molecule has 6 nitrogen and oxygen atoms in total. The summed E-state index contributed by atoms with van der Waals surface area (Å²) in [6.45, 7) is 5.58. The van der Waals surface area contributed by atoms with Gasteiger partial charge in [-0.3, -0.25) is 14.5 Å². The number of anilines is 1. The summed E-state index contributed by atoms with van der Waals surface area (Å²) in [5.74, 6) is -0.187. The number of nitrogens with zero attached hydrogens (tertiary/aromatic N) is 2. The van der Waals surface area contributed by atoms with Crippen molar-refractivity contribution in [1.29, 1.82) is 0 Å². The second-order valence-corrected chi connectivity index (χ2v) is 10.4. The molecule has 1 aliphatic heterocycles. The first-order chi connectivity index (χ1) is 16.8. The number of hydrogen-bond acceptors (Lipinski definition) is 7. The van der Waals surface area contributed by atoms with E-state index in [1.807, 2.05) is 55.6 Å². The highest BCUT2D eigenvalue weighted by Crippen LogP contribution is 2.44. The first kappa shape index (κ1) is 23.0. The van der Waals surface area contributed by atoms with Crippen LogP contribution in [0.25, 0.3) is 0 Å². The summed E-state index contributed by atoms with van der Waals surface area (Å²) in [6, 6.07) is 17.8. The smallest absolute Gasteiger partial charge is 0.294 e. The summed E-state index contributed by atoms with van der Waals surface area (Å²) in [6.07, 6.45) is 0. The van der Waals surface area contributed by atoms with Gasteiger partial charge in [-0.05, 0) is 74.2 Å². The predicted octanol–water partition coefficient (Wildman–Crippen LogP) is 6.71. The van der Waals surface area contributed by atoms with Gasteiger partial charge in [-0.2, -0.15) is 0 Å². The molecule has 35 heavy (non-hydrogen) atoms. The van der Waals surface area contributed by atoms with Gasteiger partial charge in [-0.25, -0.2) is 4.98 Å². The highest BCUT2D eigenvalue weighted by Gasteiger charge is 2.45. The quantitative estimate of drug-likeness (QED) is 0.297. The zero-order chi connectivity index (χ0) is 24.7. The number of carbonyl (C=O) groups is 2. The minimum Gasteiger partial charge on any atom is -0.503 e. The zero-order valence-electron chi connectivity index (χ0n) is 19.3. The third kappa shape index (κ3) is 4.26. The number of carbonyl (C=O) groups excluding carboxylic acids is 2. The molecule has 8 heteroatoms. The van der Waals surface area contributed by atoms with Gasteiger partial charge in [0.05, 0.1) is 21.2 Å². The second-order valence-electron chi connectivity index (χ2n) is 8.24. The van der Waals surface area contributed by atoms with Gasteiger partial charge in [0.25, 0.3) is 5.91 Å². The van der Waals surface area contributed by atoms with E-state index in [2.05, 4.69) is 4.98 Å². The molecule has 4 aromatic rings. The Hall–Kier alpha value is -3.75. The molecule has 0 spiro atoms. The molecule has 1 atom stereocenters. The Bertz CT molecular complexity index is 1450. The Labute approximate surface area is 210 Å². The standard InChI is InChI=1S/C27H22N2O4S2/c1-15-6-4-7-20(14-15)33-19-11-9-18(10-12-19)29-23(21-8-5-13-34-21)22(25(31)27(29)32)24(30)26-16(2)28-17(3)35-26/h4-14,23,31H,1-3H3. The number of ketones is 1. The molecule has 1 aliphatic rings. The van der Waals surface area contributed by atoms with Crippen molar-refractivity contribution in [3.8, 4) is 11.5 Å². The summed E-state index contributed by atoms with van der Waals surface area (Å²) < 4.78 is 5.94. The Kier molecular flexibility index (Phi) is 6.00. The molecule has 176 valence electrons. The minimum atomic E-state index is -0.736. The number of aromatic nitrogens is 1. The maximum Gasteiger partial charge on any atom is 0.294 e. The van der Waals surface area contributed by atoms with Crippen molar-refractivity contribution in [2.24, 2.45) is 0 Å². The zero-order valence-corrected chi connectivity index (χ0v) is 20.9. The fourth-order valence-corrected chi connectivity index (χ4v) is 5.87. The number of aliphatic hydroxyl groups excluding tert-OH is 1. The number of ether oxygens (including phenoxy) is 1. The minimum absolute atomic E-state index is 0.0734. The molecule has 0 aliphatic carbocycles. The monoisotopic (exact) mass is 502 g/mol. The molecule has 2 aromatic carbocycles. The van der Waals surface area contributed by atoms with Gasteiger partial charge in [0, 0.05) is 10.6 Å². The van der Waals surface area contributed by atoms with E-state index >= 15 is 0 Å². The number of rotatable bonds is 6. The van der Waals surface area contributed by atoms with Crippen molar-refractivity contribution >= 4 is 40.1 Å². The SMILES string of the molecule is Cc1cccc(Oc2ccc(N3C(=O)C(O)=C(C(=O)c4sc(C)nc4C)C3c3cccs3)cc2)c1. The molecule has 1 amide bonds. The van der Waals surface area contributed by atoms with E-state index in [0.29, 0.717) is 27.8 Å². The Morgan fingerprint density at radius 1 is 1.03 bits per heavy atom. The number of amides is 1. The molecule has 0 fully saturated rings. The van der Waals surface area contributed by atoms with E-state index in [-0.39, 0.29) is 11.4 Å². The summed E-state index contributed by atoms with van der Waals surface area (Å²) >= 11 is 2.69. The van der Waals surface area contributed by atoms with Crippen LogP contribution in [-0.4, -0.2) is 21.8 Å². The van der Waals surface area contributed by atoms with Crippen LogP contribution in [0.4, 0.5) is 5.69 Å². The van der Waals surface area contributed by atoms with Crippen LogP contribution in [0.3, 0.4) is 0 Å². The number of aliphatic hydroxyl groups is 1. The van der Waals surface area contributed by atoms with Crippen molar-refractivity contribution < 1.29 is 19.4 Å². The number of thiophene rings is 1. The lowest BCUT2D eigenvalue weighted by Gasteiger charge is -2.25. The lowest BCUT2D eigenvalue weighted by Crippen LogP contribution is -2.30. The average Bonchev–Trinajstić information content (AvgIpc) is 3.53. The number of benzene rings is 2. The van der Waals surface area contributed by atoms with Crippen molar-refractivity contribution in [3.63, 3.8) is 0 Å². The van der Waals surface area contributed by atoms with Gasteiger partial charge >= 0.3 is 0 Å². The molecule has 0 saturated carbocycles. The van der Waals surface area contributed by atoms with E-state index in [9.17, 15) is 14.7 Å². The predicted molar refractivity (Wildman–Crippen MR) is 138 cm³/mol. The lowest BCUT2D eigenvalue weighted by atomic mass is 10.00. The third-order valence-corrected chi connectivity index (χ3v) is 7.71. The summed E-state index contributed by atoms with van der Waals surface area (Å²) in [7, 11) is 0. The van der Waals surface area contributed by atoms with Gasteiger partial charge in [0.1, 0.15) is 17.5 Å². The normalized spacial score (nSPS) is 15.7. The topological polar surface area (TPSA) is 79.7 Å². The van der Waals surface area contributed by atoms with Gasteiger partial charge < -0.3 is 9.84 Å². The van der Waals surface area contributed by atoms with Crippen LogP contribution in [0.5, 0.6) is 11.5 Å². The molecular formula is C27H22N2O4S2. The Morgan fingerprint density at radius 3 is 2.43 bits per heavy atom. The van der Waals surface area contributed by atoms with Crippen molar-refractivity contribution in [1.82, 2.24) is 4.98 Å². The van der Waals surface area contributed by atoms with Crippen LogP contribution in [0.2, 0.25) is 0 Å². The van der Waals surface area contributed by atoms with Gasteiger partial charge in [0.15, 0.2) is 5.76 Å². The van der Waals surface area contributed by atoms with Crippen LogP contribution in [0.15, 0.2) is 77.4 Å². The van der Waals surface area contributed by atoms with Crippen LogP contribution >= 0.6 is 22.7 Å². The molecule has 3 heterocycles. The fourth-order valence-electron chi connectivity index (χ4n) is 4.17. The first-order valence-corrected chi connectivity index (χ1v) is 12.7. The second kappa shape index (κ2) is 9.13. The molecule has 1 N–H and O–H groups in total. The largest absolute Gasteiger partial charge is 0.503 e. The van der Waals surface area contributed by atoms with Gasteiger partial charge in [-0.15, -0.1) is 22.7 Å². The van der Waals surface area contributed by atoms with Crippen LogP contribution in [-0.2, 0) is 4.79 Å². The maximum absolute atomic E-state index is 13.6. The summed E-state index contributed by atoms with van der Waals surface area (Å²) in [5.41, 5.74) is 2.30. The van der Waals surface area contributed by atoms with Gasteiger partial charge in [-0.1, -0.05) is 18.2 Å². The van der Waals surface area contributed by atoms with E-state index in [0.717, 1.165) is 15.4 Å². The van der Waals surface area contributed by atoms with Gasteiger partial charge in [0.2, 0.25) is 5.78 Å².